The summed E-state index contributed by atoms with van der Waals surface area (Å²) in [7, 11) is 0. The number of aryl methyl sites for hydroxylation is 1. The number of hydrogen-bond donors (Lipinski definition) is 0. The molecule has 2 heterocycles. The molecule has 0 saturated carbocycles. The Labute approximate surface area is 98.2 Å². The second-order valence-electron chi connectivity index (χ2n) is 2.56. The van der Waals surface area contributed by atoms with Crippen LogP contribution in [0.25, 0.3) is 11.5 Å². The van der Waals surface area contributed by atoms with Crippen LogP contribution in [0.5, 0.6) is 0 Å². The Hall–Kier alpha value is -0.390. The van der Waals surface area contributed by atoms with E-state index in [1.165, 1.54) is 0 Å². The number of thiophene rings is 1. The zero-order chi connectivity index (χ0) is 9.97. The Morgan fingerprint density at radius 1 is 1.57 bits per heavy atom. The standard InChI is InChI=1S/C8H6BrClN2OS/c9-7-5(2-4-14-7)8-11-6(1-3-10)12-13-8/h2,4H,1,3H2. The summed E-state index contributed by atoms with van der Waals surface area (Å²) in [4.78, 5) is 4.22. The first-order valence-corrected chi connectivity index (χ1v) is 6.14. The molecule has 14 heavy (non-hydrogen) atoms. The van der Waals surface area contributed by atoms with Gasteiger partial charge in [-0.05, 0) is 27.4 Å². The second-order valence-corrected chi connectivity index (χ2v) is 5.17. The molecule has 0 saturated heterocycles. The molecule has 0 atom stereocenters. The predicted molar refractivity (Wildman–Crippen MR) is 59.7 cm³/mol. The van der Waals surface area contributed by atoms with Crippen LogP contribution in [-0.4, -0.2) is 16.0 Å². The predicted octanol–water partition coefficient (Wildman–Crippen LogP) is 3.34. The highest BCUT2D eigenvalue weighted by atomic mass is 79.9. The van der Waals surface area contributed by atoms with Gasteiger partial charge in [-0.25, -0.2) is 0 Å². The zero-order valence-electron chi connectivity index (χ0n) is 7.04. The lowest BCUT2D eigenvalue weighted by atomic mass is 10.3. The highest BCUT2D eigenvalue weighted by Crippen LogP contribution is 2.31. The van der Waals surface area contributed by atoms with Gasteiger partial charge in [-0.15, -0.1) is 22.9 Å². The second kappa shape index (κ2) is 4.42. The van der Waals surface area contributed by atoms with Gasteiger partial charge in [0.2, 0.25) is 0 Å². The SMILES string of the molecule is ClCCc1noc(-c2ccsc2Br)n1. The molecule has 0 aliphatic heterocycles. The van der Waals surface area contributed by atoms with E-state index in [2.05, 4.69) is 26.1 Å². The topological polar surface area (TPSA) is 38.9 Å². The van der Waals surface area contributed by atoms with Crippen LogP contribution in [-0.2, 0) is 6.42 Å². The summed E-state index contributed by atoms with van der Waals surface area (Å²) in [6.07, 6.45) is 0.632. The van der Waals surface area contributed by atoms with Gasteiger partial charge in [0.15, 0.2) is 5.82 Å². The number of aromatic nitrogens is 2. The summed E-state index contributed by atoms with van der Waals surface area (Å²) in [5.74, 6) is 1.69. The molecule has 0 fully saturated rings. The normalized spacial score (nSPS) is 10.7. The van der Waals surface area contributed by atoms with Gasteiger partial charge in [0.1, 0.15) is 0 Å². The summed E-state index contributed by atoms with van der Waals surface area (Å²) < 4.78 is 6.10. The molecule has 2 rings (SSSR count). The van der Waals surface area contributed by atoms with Gasteiger partial charge in [0, 0.05) is 12.3 Å². The van der Waals surface area contributed by atoms with E-state index in [-0.39, 0.29) is 0 Å². The first kappa shape index (κ1) is 10.1. The van der Waals surface area contributed by atoms with Crippen molar-refractivity contribution in [1.29, 1.82) is 0 Å². The van der Waals surface area contributed by atoms with E-state index >= 15 is 0 Å². The average molecular weight is 294 g/mol. The van der Waals surface area contributed by atoms with Crippen molar-refractivity contribution in [3.05, 3.63) is 21.1 Å². The fourth-order valence-corrected chi connectivity index (χ4v) is 2.40. The molecule has 0 unspecified atom stereocenters. The maximum absolute atomic E-state index is 5.57. The third-order valence-corrected chi connectivity index (χ3v) is 3.51. The molecule has 0 aliphatic carbocycles. The van der Waals surface area contributed by atoms with Crippen molar-refractivity contribution in [2.45, 2.75) is 6.42 Å². The smallest absolute Gasteiger partial charge is 0.259 e. The van der Waals surface area contributed by atoms with Crippen molar-refractivity contribution in [1.82, 2.24) is 10.1 Å². The molecular weight excluding hydrogens is 288 g/mol. The van der Waals surface area contributed by atoms with Gasteiger partial charge in [-0.3, -0.25) is 0 Å². The Morgan fingerprint density at radius 2 is 2.43 bits per heavy atom. The minimum atomic E-state index is 0.504. The largest absolute Gasteiger partial charge is 0.334 e. The van der Waals surface area contributed by atoms with Crippen molar-refractivity contribution in [3.8, 4) is 11.5 Å². The molecule has 0 aliphatic rings. The van der Waals surface area contributed by atoms with Crippen LogP contribution in [0.15, 0.2) is 19.8 Å². The van der Waals surface area contributed by atoms with Crippen LogP contribution in [0, 0.1) is 0 Å². The molecule has 0 bridgehead atoms. The van der Waals surface area contributed by atoms with Crippen molar-refractivity contribution >= 4 is 38.9 Å². The molecule has 2 aromatic rings. The van der Waals surface area contributed by atoms with Crippen molar-refractivity contribution in [3.63, 3.8) is 0 Å². The maximum Gasteiger partial charge on any atom is 0.259 e. The van der Waals surface area contributed by atoms with E-state index in [0.717, 1.165) is 9.35 Å². The first-order chi connectivity index (χ1) is 6.81. The summed E-state index contributed by atoms with van der Waals surface area (Å²) in [5, 5.41) is 5.78. The quantitative estimate of drug-likeness (QED) is 0.815. The van der Waals surface area contributed by atoms with E-state index < -0.39 is 0 Å². The van der Waals surface area contributed by atoms with Crippen molar-refractivity contribution in [2.24, 2.45) is 0 Å². The third kappa shape index (κ3) is 1.99. The molecule has 3 nitrogen and oxygen atoms in total. The van der Waals surface area contributed by atoms with Crippen LogP contribution in [0.1, 0.15) is 5.82 Å². The molecule has 0 N–H and O–H groups in total. The van der Waals surface area contributed by atoms with Crippen LogP contribution < -0.4 is 0 Å². The molecule has 0 spiro atoms. The number of alkyl halides is 1. The molecule has 74 valence electrons. The van der Waals surface area contributed by atoms with Gasteiger partial charge in [0.05, 0.1) is 9.35 Å². The minimum Gasteiger partial charge on any atom is -0.334 e. The number of rotatable bonds is 3. The molecule has 6 heteroatoms. The van der Waals surface area contributed by atoms with Gasteiger partial charge in [0.25, 0.3) is 5.89 Å². The van der Waals surface area contributed by atoms with Gasteiger partial charge >= 0.3 is 0 Å². The lowest BCUT2D eigenvalue weighted by Gasteiger charge is -1.87. The highest BCUT2D eigenvalue weighted by molar-refractivity contribution is 9.11. The molecular formula is C8H6BrClN2OS. The minimum absolute atomic E-state index is 0.504. The zero-order valence-corrected chi connectivity index (χ0v) is 10.2. The summed E-state index contributed by atoms with van der Waals surface area (Å²) >= 11 is 10.6. The monoisotopic (exact) mass is 292 g/mol. The van der Waals surface area contributed by atoms with Crippen LogP contribution in [0.3, 0.4) is 0 Å². The molecule has 0 amide bonds. The Morgan fingerprint density at radius 3 is 3.07 bits per heavy atom. The van der Waals surface area contributed by atoms with Gasteiger partial charge < -0.3 is 4.52 Å². The number of nitrogens with zero attached hydrogens (tertiary/aromatic N) is 2. The summed E-state index contributed by atoms with van der Waals surface area (Å²) in [5.41, 5.74) is 0.934. The Bertz CT molecular complexity index is 428. The summed E-state index contributed by atoms with van der Waals surface area (Å²) in [6.45, 7) is 0. The van der Waals surface area contributed by atoms with E-state index in [4.69, 9.17) is 16.1 Å². The first-order valence-electron chi connectivity index (χ1n) is 3.93. The lowest BCUT2D eigenvalue weighted by molar-refractivity contribution is 0.423. The van der Waals surface area contributed by atoms with Gasteiger partial charge in [-0.1, -0.05) is 5.16 Å². The van der Waals surface area contributed by atoms with Crippen LogP contribution >= 0.6 is 38.9 Å². The van der Waals surface area contributed by atoms with E-state index in [1.54, 1.807) is 11.3 Å². The highest BCUT2D eigenvalue weighted by Gasteiger charge is 2.12. The lowest BCUT2D eigenvalue weighted by Crippen LogP contribution is -1.87. The fourth-order valence-electron chi connectivity index (χ4n) is 0.996. The molecule has 0 aromatic carbocycles. The van der Waals surface area contributed by atoms with Gasteiger partial charge in [-0.2, -0.15) is 4.98 Å². The van der Waals surface area contributed by atoms with E-state index in [9.17, 15) is 0 Å². The van der Waals surface area contributed by atoms with Crippen molar-refractivity contribution in [2.75, 3.05) is 5.88 Å². The molecule has 2 aromatic heterocycles. The van der Waals surface area contributed by atoms with Crippen molar-refractivity contribution < 1.29 is 4.52 Å². The number of hydrogen-bond acceptors (Lipinski definition) is 4. The number of halogens is 2. The van der Waals surface area contributed by atoms with Crippen LogP contribution in [0.4, 0.5) is 0 Å². The van der Waals surface area contributed by atoms with Crippen LogP contribution in [0.2, 0.25) is 0 Å². The Kier molecular flexibility index (Phi) is 3.20. The maximum atomic E-state index is 5.57. The fraction of sp³-hybridized carbons (Fsp3) is 0.250. The van der Waals surface area contributed by atoms with E-state index in [1.807, 2.05) is 11.4 Å². The third-order valence-electron chi connectivity index (χ3n) is 1.63. The molecule has 0 radical (unpaired) electrons. The Balaban J connectivity index is 2.29. The van der Waals surface area contributed by atoms with E-state index in [0.29, 0.717) is 24.0 Å². The summed E-state index contributed by atoms with van der Waals surface area (Å²) in [6, 6.07) is 1.94. The average Bonchev–Trinajstić information content (AvgIpc) is 2.74.